The smallest absolute Gasteiger partial charge is 0.251 e. The third kappa shape index (κ3) is 7.28. The van der Waals surface area contributed by atoms with Crippen LogP contribution in [-0.2, 0) is 16.0 Å². The molecule has 1 fully saturated rings. The van der Waals surface area contributed by atoms with Gasteiger partial charge in [0.1, 0.15) is 11.9 Å². The average molecular weight is 546 g/mol. The molecule has 2 aromatic carbocycles. The summed E-state index contributed by atoms with van der Waals surface area (Å²) >= 11 is 0. The summed E-state index contributed by atoms with van der Waals surface area (Å²) in [6.07, 6.45) is 6.19. The van der Waals surface area contributed by atoms with Gasteiger partial charge in [-0.2, -0.15) is 0 Å². The molecule has 0 unspecified atom stereocenters. The summed E-state index contributed by atoms with van der Waals surface area (Å²) in [4.78, 5) is 50.3. The lowest BCUT2D eigenvalue weighted by Gasteiger charge is -2.30. The molecule has 2 heterocycles. The molecule has 8 nitrogen and oxygen atoms in total. The van der Waals surface area contributed by atoms with Gasteiger partial charge in [0, 0.05) is 37.2 Å². The molecule has 4 rings (SSSR count). The zero-order valence-electron chi connectivity index (χ0n) is 23.2. The Morgan fingerprint density at radius 2 is 1.90 bits per heavy atom. The van der Waals surface area contributed by atoms with Crippen LogP contribution in [0.2, 0.25) is 0 Å². The molecule has 3 atom stereocenters. The van der Waals surface area contributed by atoms with Gasteiger partial charge in [-0.1, -0.05) is 43.7 Å². The minimum Gasteiger partial charge on any atom is -0.349 e. The standard InChI is InChI=1S/C31H36FN5O3/c1-4-21(3)29(38)36-27(19-34-30(39)23-10-12-24(32)13-11-23)31(40)37-14-6-9-28(37)26-18-33-17-25(35-26)16-22-8-5-7-20(2)15-22/h5,7-8,10-13,15,17-18,21,27-28H,4,6,9,14,16,19H2,1-3H3,(H,34,39)(H,36,38)/t21-,27+,28+/m1/s1. The number of hydrogen-bond acceptors (Lipinski definition) is 5. The summed E-state index contributed by atoms with van der Waals surface area (Å²) in [5.74, 6) is -1.74. The maximum Gasteiger partial charge on any atom is 0.251 e. The first-order chi connectivity index (χ1) is 19.2. The third-order valence-electron chi connectivity index (χ3n) is 7.30. The SMILES string of the molecule is CC[C@@H](C)C(=O)N[C@@H](CNC(=O)c1ccc(F)cc1)C(=O)N1CCC[C@H]1c1cncc(Cc2cccc(C)c2)n1. The van der Waals surface area contributed by atoms with E-state index in [4.69, 9.17) is 4.98 Å². The van der Waals surface area contributed by atoms with Gasteiger partial charge in [-0.05, 0) is 56.0 Å². The first-order valence-electron chi connectivity index (χ1n) is 13.8. The Balaban J connectivity index is 1.51. The van der Waals surface area contributed by atoms with Crippen molar-refractivity contribution in [3.63, 3.8) is 0 Å². The number of halogens is 1. The zero-order valence-corrected chi connectivity index (χ0v) is 23.2. The van der Waals surface area contributed by atoms with E-state index in [1.54, 1.807) is 24.2 Å². The predicted octanol–water partition coefficient (Wildman–Crippen LogP) is 4.14. The van der Waals surface area contributed by atoms with E-state index < -0.39 is 17.8 Å². The van der Waals surface area contributed by atoms with E-state index in [2.05, 4.69) is 27.8 Å². The number of aryl methyl sites for hydroxylation is 1. The fraction of sp³-hybridized carbons (Fsp3) is 0.387. The van der Waals surface area contributed by atoms with Gasteiger partial charge in [0.15, 0.2) is 0 Å². The molecule has 0 bridgehead atoms. The van der Waals surface area contributed by atoms with E-state index in [9.17, 15) is 18.8 Å². The second-order valence-electron chi connectivity index (χ2n) is 10.4. The molecule has 0 spiro atoms. The lowest BCUT2D eigenvalue weighted by atomic mass is 10.1. The number of benzene rings is 2. The highest BCUT2D eigenvalue weighted by atomic mass is 19.1. The molecule has 1 aliphatic rings. The van der Waals surface area contributed by atoms with Crippen molar-refractivity contribution in [3.8, 4) is 0 Å². The van der Waals surface area contributed by atoms with Crippen molar-refractivity contribution in [2.45, 2.75) is 58.5 Å². The van der Waals surface area contributed by atoms with Gasteiger partial charge in [-0.15, -0.1) is 0 Å². The van der Waals surface area contributed by atoms with Gasteiger partial charge in [0.25, 0.3) is 5.91 Å². The van der Waals surface area contributed by atoms with Crippen molar-refractivity contribution < 1.29 is 18.8 Å². The van der Waals surface area contributed by atoms with Crippen molar-refractivity contribution in [1.82, 2.24) is 25.5 Å². The summed E-state index contributed by atoms with van der Waals surface area (Å²) in [6.45, 7) is 6.15. The molecule has 1 aliphatic heterocycles. The number of carbonyl (C=O) groups excluding carboxylic acids is 3. The lowest BCUT2D eigenvalue weighted by Crippen LogP contribution is -2.54. The summed E-state index contributed by atoms with van der Waals surface area (Å²) in [5, 5.41) is 5.57. The monoisotopic (exact) mass is 545 g/mol. The van der Waals surface area contributed by atoms with Crippen LogP contribution in [0.15, 0.2) is 60.9 Å². The van der Waals surface area contributed by atoms with E-state index in [0.29, 0.717) is 25.1 Å². The Bertz CT molecular complexity index is 1350. The Hall–Kier alpha value is -4.14. The van der Waals surface area contributed by atoms with Gasteiger partial charge in [0.05, 0.1) is 23.6 Å². The summed E-state index contributed by atoms with van der Waals surface area (Å²) in [6, 6.07) is 12.1. The van der Waals surface area contributed by atoms with Crippen LogP contribution in [0.5, 0.6) is 0 Å². The van der Waals surface area contributed by atoms with Crippen LogP contribution in [-0.4, -0.2) is 51.7 Å². The summed E-state index contributed by atoms with van der Waals surface area (Å²) in [5.41, 5.74) is 4.09. The van der Waals surface area contributed by atoms with Crippen LogP contribution < -0.4 is 10.6 Å². The van der Waals surface area contributed by atoms with E-state index in [1.807, 2.05) is 26.0 Å². The highest BCUT2D eigenvalue weighted by molar-refractivity contribution is 5.95. The molecule has 1 aromatic heterocycles. The zero-order chi connectivity index (χ0) is 28.6. The van der Waals surface area contributed by atoms with E-state index in [-0.39, 0.29) is 35.9 Å². The van der Waals surface area contributed by atoms with Crippen molar-refractivity contribution >= 4 is 17.7 Å². The lowest BCUT2D eigenvalue weighted by molar-refractivity contribution is -0.138. The summed E-state index contributed by atoms with van der Waals surface area (Å²) in [7, 11) is 0. The molecule has 2 N–H and O–H groups in total. The van der Waals surface area contributed by atoms with Gasteiger partial charge >= 0.3 is 0 Å². The van der Waals surface area contributed by atoms with Gasteiger partial charge in [0.2, 0.25) is 11.8 Å². The van der Waals surface area contributed by atoms with Gasteiger partial charge < -0.3 is 15.5 Å². The van der Waals surface area contributed by atoms with Crippen LogP contribution >= 0.6 is 0 Å². The van der Waals surface area contributed by atoms with Crippen molar-refractivity contribution in [2.75, 3.05) is 13.1 Å². The van der Waals surface area contributed by atoms with E-state index in [0.717, 1.165) is 24.1 Å². The molecule has 3 amide bonds. The van der Waals surface area contributed by atoms with Crippen LogP contribution in [0.1, 0.15) is 72.0 Å². The van der Waals surface area contributed by atoms with Crippen LogP contribution in [0.25, 0.3) is 0 Å². The molecule has 1 saturated heterocycles. The fourth-order valence-corrected chi connectivity index (χ4v) is 4.84. The van der Waals surface area contributed by atoms with Crippen LogP contribution in [0.3, 0.4) is 0 Å². The average Bonchev–Trinajstić information content (AvgIpc) is 3.45. The fourth-order valence-electron chi connectivity index (χ4n) is 4.84. The Kier molecular flexibility index (Phi) is 9.58. The van der Waals surface area contributed by atoms with Crippen LogP contribution in [0.4, 0.5) is 4.39 Å². The largest absolute Gasteiger partial charge is 0.349 e. The molecule has 0 aliphatic carbocycles. The minimum absolute atomic E-state index is 0.0977. The first kappa shape index (κ1) is 28.9. The maximum atomic E-state index is 13.8. The molecular formula is C31H36FN5O3. The number of carbonyl (C=O) groups is 3. The molecule has 3 aromatic rings. The molecular weight excluding hydrogens is 509 g/mol. The number of nitrogens with zero attached hydrogens (tertiary/aromatic N) is 3. The van der Waals surface area contributed by atoms with Crippen LogP contribution in [0, 0.1) is 18.7 Å². The van der Waals surface area contributed by atoms with Gasteiger partial charge in [-0.25, -0.2) is 4.39 Å². The van der Waals surface area contributed by atoms with Gasteiger partial charge in [-0.3, -0.25) is 24.4 Å². The Morgan fingerprint density at radius 1 is 1.12 bits per heavy atom. The molecule has 210 valence electrons. The predicted molar refractivity (Wildman–Crippen MR) is 150 cm³/mol. The highest BCUT2D eigenvalue weighted by Crippen LogP contribution is 2.31. The quantitative estimate of drug-likeness (QED) is 0.399. The Morgan fingerprint density at radius 3 is 2.62 bits per heavy atom. The normalized spacial score (nSPS) is 16.3. The second-order valence-corrected chi connectivity index (χ2v) is 10.4. The highest BCUT2D eigenvalue weighted by Gasteiger charge is 2.36. The van der Waals surface area contributed by atoms with Crippen molar-refractivity contribution in [1.29, 1.82) is 0 Å². The van der Waals surface area contributed by atoms with E-state index in [1.165, 1.54) is 29.8 Å². The molecule has 0 saturated carbocycles. The number of nitrogens with one attached hydrogen (secondary N) is 2. The molecule has 9 heteroatoms. The topological polar surface area (TPSA) is 104 Å². The minimum atomic E-state index is -0.963. The first-order valence-corrected chi connectivity index (χ1v) is 13.8. The van der Waals surface area contributed by atoms with Crippen molar-refractivity contribution in [2.24, 2.45) is 5.92 Å². The number of amides is 3. The summed E-state index contributed by atoms with van der Waals surface area (Å²) < 4.78 is 13.3. The van der Waals surface area contributed by atoms with E-state index >= 15 is 0 Å². The number of rotatable bonds is 10. The number of aromatic nitrogens is 2. The maximum absolute atomic E-state index is 13.8. The second kappa shape index (κ2) is 13.3. The number of likely N-dealkylation sites (tertiary alicyclic amines) is 1. The molecule has 40 heavy (non-hydrogen) atoms. The molecule has 0 radical (unpaired) electrons. The third-order valence-corrected chi connectivity index (χ3v) is 7.30. The Labute approximate surface area is 234 Å². The number of hydrogen-bond donors (Lipinski definition) is 2. The van der Waals surface area contributed by atoms with Crippen molar-refractivity contribution in [3.05, 3.63) is 94.8 Å².